The molecule has 0 aromatic heterocycles. The Kier molecular flexibility index (Phi) is 5.30. The fourth-order valence-electron chi connectivity index (χ4n) is 1.56. The Morgan fingerprint density at radius 1 is 1.00 bits per heavy atom. The van der Waals surface area contributed by atoms with Crippen molar-refractivity contribution in [2.75, 3.05) is 0 Å². The predicted octanol–water partition coefficient (Wildman–Crippen LogP) is 3.39. The predicted molar refractivity (Wildman–Crippen MR) is 88.6 cm³/mol. The molecule has 0 aliphatic rings. The Bertz CT molecular complexity index is 742. The van der Waals surface area contributed by atoms with Crippen LogP contribution >= 0.6 is 15.9 Å². The molecule has 2 aromatic carbocycles. The van der Waals surface area contributed by atoms with Gasteiger partial charge in [0.15, 0.2) is 0 Å². The van der Waals surface area contributed by atoms with Crippen molar-refractivity contribution in [1.29, 1.82) is 0 Å². The molecule has 0 spiro atoms. The van der Waals surface area contributed by atoms with Crippen LogP contribution in [0.4, 0.5) is 0 Å². The van der Waals surface area contributed by atoms with Crippen LogP contribution in [0.5, 0.6) is 0 Å². The molecular formula is C15H13BrN2O2S. The van der Waals surface area contributed by atoms with Crippen molar-refractivity contribution in [3.8, 4) is 0 Å². The van der Waals surface area contributed by atoms with Crippen LogP contribution in [-0.2, 0) is 10.0 Å². The molecule has 4 nitrogen and oxygen atoms in total. The number of rotatable bonds is 5. The van der Waals surface area contributed by atoms with Crippen LogP contribution in [0.2, 0.25) is 0 Å². The van der Waals surface area contributed by atoms with Crippen LogP contribution in [-0.4, -0.2) is 14.6 Å². The van der Waals surface area contributed by atoms with E-state index in [0.29, 0.717) is 4.48 Å². The van der Waals surface area contributed by atoms with Gasteiger partial charge in [0.1, 0.15) is 0 Å². The fourth-order valence-corrected chi connectivity index (χ4v) is 2.73. The summed E-state index contributed by atoms with van der Waals surface area (Å²) in [4.78, 5) is 2.33. The average Bonchev–Trinajstić information content (AvgIpc) is 2.49. The molecule has 21 heavy (non-hydrogen) atoms. The number of sulfonamides is 1. The van der Waals surface area contributed by atoms with Gasteiger partial charge in [0.05, 0.1) is 11.1 Å². The summed E-state index contributed by atoms with van der Waals surface area (Å²) in [5.41, 5.74) is 0.988. The van der Waals surface area contributed by atoms with Gasteiger partial charge in [0, 0.05) is 4.48 Å². The van der Waals surface area contributed by atoms with Gasteiger partial charge in [-0.2, -0.15) is 13.5 Å². The van der Waals surface area contributed by atoms with Crippen molar-refractivity contribution >= 4 is 38.2 Å². The summed E-state index contributed by atoms with van der Waals surface area (Å²) < 4.78 is 24.5. The van der Waals surface area contributed by atoms with Crippen LogP contribution < -0.4 is 4.83 Å². The van der Waals surface area contributed by atoms with Gasteiger partial charge >= 0.3 is 0 Å². The van der Waals surface area contributed by atoms with Crippen molar-refractivity contribution in [2.24, 2.45) is 5.10 Å². The maximum atomic E-state index is 11.9. The van der Waals surface area contributed by atoms with Crippen LogP contribution in [0.1, 0.15) is 5.56 Å². The molecule has 0 atom stereocenters. The zero-order valence-electron chi connectivity index (χ0n) is 11.0. The molecule has 0 bridgehead atoms. The number of hydrogen-bond acceptors (Lipinski definition) is 3. The van der Waals surface area contributed by atoms with E-state index >= 15 is 0 Å². The number of nitrogens with one attached hydrogen (secondary N) is 1. The molecule has 0 radical (unpaired) electrons. The molecule has 0 fully saturated rings. The largest absolute Gasteiger partial charge is 0.276 e. The minimum atomic E-state index is -3.62. The smallest absolute Gasteiger partial charge is 0.200 e. The highest BCUT2D eigenvalue weighted by molar-refractivity contribution is 9.12. The minimum absolute atomic E-state index is 0.172. The third kappa shape index (κ3) is 4.84. The number of benzene rings is 2. The Morgan fingerprint density at radius 2 is 1.57 bits per heavy atom. The maximum absolute atomic E-state index is 11.9. The monoisotopic (exact) mass is 364 g/mol. The van der Waals surface area contributed by atoms with Crippen molar-refractivity contribution < 1.29 is 8.42 Å². The molecule has 0 aliphatic heterocycles. The van der Waals surface area contributed by atoms with E-state index in [9.17, 15) is 8.42 Å². The second kappa shape index (κ2) is 7.19. The lowest BCUT2D eigenvalue weighted by Gasteiger charge is -2.02. The topological polar surface area (TPSA) is 58.5 Å². The molecule has 0 saturated heterocycles. The van der Waals surface area contributed by atoms with Gasteiger partial charge in [-0.05, 0) is 39.7 Å². The highest BCUT2D eigenvalue weighted by Crippen LogP contribution is 2.10. The molecule has 0 unspecified atom stereocenters. The van der Waals surface area contributed by atoms with Crippen LogP contribution in [0.15, 0.2) is 75.1 Å². The Labute approximate surface area is 132 Å². The number of hydrogen-bond donors (Lipinski definition) is 1. The standard InChI is InChI=1S/C15H13BrN2O2S/c16-14(11-13-7-3-1-4-8-13)12-17-18-21(19,20)15-9-5-2-6-10-15/h1-12,18H/b14-11-,17-12-. The van der Waals surface area contributed by atoms with E-state index in [2.05, 4.69) is 25.9 Å². The van der Waals surface area contributed by atoms with Gasteiger partial charge in [-0.3, -0.25) is 0 Å². The van der Waals surface area contributed by atoms with Gasteiger partial charge in [0.2, 0.25) is 0 Å². The first-order chi connectivity index (χ1) is 10.1. The van der Waals surface area contributed by atoms with Crippen molar-refractivity contribution in [3.63, 3.8) is 0 Å². The summed E-state index contributed by atoms with van der Waals surface area (Å²) in [5, 5.41) is 3.74. The van der Waals surface area contributed by atoms with E-state index < -0.39 is 10.0 Å². The van der Waals surface area contributed by atoms with Gasteiger partial charge in [-0.1, -0.05) is 48.5 Å². The SMILES string of the molecule is O=S(=O)(N/N=C\C(Br)=C\c1ccccc1)c1ccccc1. The van der Waals surface area contributed by atoms with Gasteiger partial charge in [-0.25, -0.2) is 4.83 Å². The zero-order chi connectivity index (χ0) is 15.1. The van der Waals surface area contributed by atoms with E-state index in [1.165, 1.54) is 18.3 Å². The van der Waals surface area contributed by atoms with E-state index in [-0.39, 0.29) is 4.90 Å². The lowest BCUT2D eigenvalue weighted by molar-refractivity contribution is 0.584. The lowest BCUT2D eigenvalue weighted by atomic mass is 10.2. The third-order valence-electron chi connectivity index (χ3n) is 2.52. The molecule has 6 heteroatoms. The first-order valence-corrected chi connectivity index (χ1v) is 8.38. The summed E-state index contributed by atoms with van der Waals surface area (Å²) in [7, 11) is -3.62. The Morgan fingerprint density at radius 3 is 2.19 bits per heavy atom. The lowest BCUT2D eigenvalue weighted by Crippen LogP contribution is -2.18. The molecule has 0 aliphatic carbocycles. The average molecular weight is 365 g/mol. The van der Waals surface area contributed by atoms with Crippen molar-refractivity contribution in [1.82, 2.24) is 4.83 Å². The highest BCUT2D eigenvalue weighted by atomic mass is 79.9. The Balaban J connectivity index is 2.04. The third-order valence-corrected chi connectivity index (χ3v) is 4.19. The van der Waals surface area contributed by atoms with Gasteiger partial charge in [-0.15, -0.1) is 0 Å². The van der Waals surface area contributed by atoms with Gasteiger partial charge in [0.25, 0.3) is 10.0 Å². The first-order valence-electron chi connectivity index (χ1n) is 6.10. The molecule has 1 N–H and O–H groups in total. The number of nitrogens with zero attached hydrogens (tertiary/aromatic N) is 1. The van der Waals surface area contributed by atoms with Crippen LogP contribution in [0, 0.1) is 0 Å². The summed E-state index contributed by atoms with van der Waals surface area (Å²) in [6.07, 6.45) is 3.23. The minimum Gasteiger partial charge on any atom is -0.200 e. The van der Waals surface area contributed by atoms with Crippen molar-refractivity contribution in [2.45, 2.75) is 4.90 Å². The van der Waals surface area contributed by atoms with Gasteiger partial charge < -0.3 is 0 Å². The number of halogens is 1. The Hall–Kier alpha value is -1.92. The molecule has 0 saturated carbocycles. The molecule has 2 rings (SSSR count). The summed E-state index contributed by atoms with van der Waals surface area (Å²) in [6.45, 7) is 0. The molecular weight excluding hydrogens is 352 g/mol. The maximum Gasteiger partial charge on any atom is 0.276 e. The van der Waals surface area contributed by atoms with E-state index in [1.807, 2.05) is 36.4 Å². The van der Waals surface area contributed by atoms with Crippen LogP contribution in [0.3, 0.4) is 0 Å². The molecule has 108 valence electrons. The normalized spacial score (nSPS) is 12.5. The quantitative estimate of drug-likeness (QED) is 0.652. The zero-order valence-corrected chi connectivity index (χ0v) is 13.4. The number of hydrazone groups is 1. The summed E-state index contributed by atoms with van der Waals surface area (Å²) in [5.74, 6) is 0. The molecule has 2 aromatic rings. The second-order valence-electron chi connectivity index (χ2n) is 4.11. The number of allylic oxidation sites excluding steroid dienone is 1. The van der Waals surface area contributed by atoms with E-state index in [0.717, 1.165) is 5.56 Å². The van der Waals surface area contributed by atoms with Crippen molar-refractivity contribution in [3.05, 3.63) is 70.7 Å². The summed E-state index contributed by atoms with van der Waals surface area (Å²) in [6, 6.07) is 17.7. The fraction of sp³-hybridized carbons (Fsp3) is 0. The highest BCUT2D eigenvalue weighted by Gasteiger charge is 2.10. The van der Waals surface area contributed by atoms with E-state index in [1.54, 1.807) is 18.2 Å². The molecule has 0 heterocycles. The first kappa shape index (κ1) is 15.5. The molecule has 0 amide bonds. The second-order valence-corrected chi connectivity index (χ2v) is 6.68. The summed E-state index contributed by atoms with van der Waals surface area (Å²) >= 11 is 3.32. The van der Waals surface area contributed by atoms with Crippen LogP contribution in [0.25, 0.3) is 6.08 Å². The van der Waals surface area contributed by atoms with E-state index in [4.69, 9.17) is 0 Å².